The highest BCUT2D eigenvalue weighted by Crippen LogP contribution is 2.35. The van der Waals surface area contributed by atoms with E-state index in [0.29, 0.717) is 39.3 Å². The standard InChI is InChI=1S/C20H15N3O5S/c1-10-18(24)21-13-6-11(2-4-15(13)28-10)14-8-29-20(22-14)23-19(25)12-3-5-16-17(7-12)27-9-26-16/h2-8,10H,9H2,1H3,(H,21,24)(H,22,23,25). The molecule has 0 spiro atoms. The molecular formula is C20H15N3O5S. The Labute approximate surface area is 169 Å². The minimum atomic E-state index is -0.523. The van der Waals surface area contributed by atoms with Gasteiger partial charge in [-0.1, -0.05) is 0 Å². The summed E-state index contributed by atoms with van der Waals surface area (Å²) in [5.74, 6) is 1.31. The number of hydrogen-bond acceptors (Lipinski definition) is 7. The highest BCUT2D eigenvalue weighted by molar-refractivity contribution is 7.14. The first-order valence-electron chi connectivity index (χ1n) is 8.85. The molecule has 8 nitrogen and oxygen atoms in total. The van der Waals surface area contributed by atoms with Gasteiger partial charge in [-0.05, 0) is 43.3 Å². The third-order valence-corrected chi connectivity index (χ3v) is 5.32. The second kappa shape index (κ2) is 6.78. The molecule has 0 radical (unpaired) electrons. The van der Waals surface area contributed by atoms with E-state index in [-0.39, 0.29) is 18.6 Å². The molecule has 3 heterocycles. The van der Waals surface area contributed by atoms with Gasteiger partial charge in [0.1, 0.15) is 5.75 Å². The van der Waals surface area contributed by atoms with E-state index >= 15 is 0 Å². The lowest BCUT2D eigenvalue weighted by atomic mass is 10.1. The van der Waals surface area contributed by atoms with E-state index in [1.165, 1.54) is 11.3 Å². The highest BCUT2D eigenvalue weighted by Gasteiger charge is 2.24. The fourth-order valence-electron chi connectivity index (χ4n) is 3.04. The lowest BCUT2D eigenvalue weighted by Crippen LogP contribution is -2.34. The normalized spacial score (nSPS) is 16.6. The van der Waals surface area contributed by atoms with Crippen molar-refractivity contribution in [2.24, 2.45) is 0 Å². The predicted molar refractivity (Wildman–Crippen MR) is 107 cm³/mol. The lowest BCUT2D eigenvalue weighted by Gasteiger charge is -2.23. The maximum Gasteiger partial charge on any atom is 0.265 e. The molecule has 146 valence electrons. The zero-order valence-electron chi connectivity index (χ0n) is 15.2. The number of benzene rings is 2. The fourth-order valence-corrected chi connectivity index (χ4v) is 3.75. The van der Waals surface area contributed by atoms with Gasteiger partial charge in [0.2, 0.25) is 6.79 Å². The van der Waals surface area contributed by atoms with E-state index in [9.17, 15) is 9.59 Å². The molecule has 2 aliphatic heterocycles. The summed E-state index contributed by atoms with van der Waals surface area (Å²) in [6.07, 6.45) is -0.523. The summed E-state index contributed by atoms with van der Waals surface area (Å²) in [5, 5.41) is 7.92. The van der Waals surface area contributed by atoms with Gasteiger partial charge in [0.05, 0.1) is 11.4 Å². The number of nitrogens with one attached hydrogen (secondary N) is 2. The Hall–Kier alpha value is -3.59. The van der Waals surface area contributed by atoms with Gasteiger partial charge in [-0.3, -0.25) is 14.9 Å². The molecule has 0 aliphatic carbocycles. The van der Waals surface area contributed by atoms with Crippen molar-refractivity contribution in [1.29, 1.82) is 0 Å². The molecule has 0 fully saturated rings. The monoisotopic (exact) mass is 409 g/mol. The van der Waals surface area contributed by atoms with E-state index < -0.39 is 6.10 Å². The van der Waals surface area contributed by atoms with Crippen LogP contribution in [0.4, 0.5) is 10.8 Å². The van der Waals surface area contributed by atoms with Crippen molar-refractivity contribution in [3.8, 4) is 28.5 Å². The van der Waals surface area contributed by atoms with Crippen LogP contribution in [-0.4, -0.2) is 29.7 Å². The minimum absolute atomic E-state index is 0.154. The van der Waals surface area contributed by atoms with Crippen LogP contribution >= 0.6 is 11.3 Å². The summed E-state index contributed by atoms with van der Waals surface area (Å²) in [5.41, 5.74) is 2.55. The Morgan fingerprint density at radius 1 is 1.17 bits per heavy atom. The number of ether oxygens (including phenoxy) is 3. The Morgan fingerprint density at radius 3 is 2.90 bits per heavy atom. The number of aromatic nitrogens is 1. The number of nitrogens with zero attached hydrogens (tertiary/aromatic N) is 1. The molecule has 2 aromatic carbocycles. The molecule has 1 aromatic heterocycles. The number of carbonyl (C=O) groups excluding carboxylic acids is 2. The van der Waals surface area contributed by atoms with Crippen LogP contribution in [0.2, 0.25) is 0 Å². The van der Waals surface area contributed by atoms with Gasteiger partial charge in [0, 0.05) is 16.5 Å². The highest BCUT2D eigenvalue weighted by atomic mass is 32.1. The number of rotatable bonds is 3. The Bertz CT molecular complexity index is 1140. The van der Waals surface area contributed by atoms with Crippen LogP contribution in [0.1, 0.15) is 17.3 Å². The van der Waals surface area contributed by atoms with Crippen LogP contribution < -0.4 is 24.8 Å². The maximum atomic E-state index is 12.5. The van der Waals surface area contributed by atoms with E-state index in [2.05, 4.69) is 15.6 Å². The van der Waals surface area contributed by atoms with E-state index in [1.54, 1.807) is 37.3 Å². The Balaban J connectivity index is 1.34. The summed E-state index contributed by atoms with van der Waals surface area (Å²) >= 11 is 1.31. The second-order valence-electron chi connectivity index (χ2n) is 6.52. The smallest absolute Gasteiger partial charge is 0.265 e. The van der Waals surface area contributed by atoms with E-state index in [1.807, 2.05) is 11.4 Å². The molecule has 2 N–H and O–H groups in total. The Kier molecular flexibility index (Phi) is 4.09. The topological polar surface area (TPSA) is 98.8 Å². The van der Waals surface area contributed by atoms with Crippen LogP contribution in [0.25, 0.3) is 11.3 Å². The number of thiazole rings is 1. The third-order valence-electron chi connectivity index (χ3n) is 4.57. The van der Waals surface area contributed by atoms with Crippen LogP contribution in [0.15, 0.2) is 41.8 Å². The SMILES string of the molecule is CC1Oc2ccc(-c3csc(NC(=O)c4ccc5c(c4)OCO5)n3)cc2NC1=O. The average molecular weight is 409 g/mol. The van der Waals surface area contributed by atoms with Crippen LogP contribution in [0.5, 0.6) is 17.2 Å². The van der Waals surface area contributed by atoms with Crippen molar-refractivity contribution in [3.05, 3.63) is 47.3 Å². The van der Waals surface area contributed by atoms with Gasteiger partial charge >= 0.3 is 0 Å². The van der Waals surface area contributed by atoms with Crippen molar-refractivity contribution in [2.45, 2.75) is 13.0 Å². The number of fused-ring (bicyclic) bond motifs is 2. The summed E-state index contributed by atoms with van der Waals surface area (Å²) in [7, 11) is 0. The quantitative estimate of drug-likeness (QED) is 0.687. The molecule has 29 heavy (non-hydrogen) atoms. The number of amides is 2. The van der Waals surface area contributed by atoms with Crippen LogP contribution in [0.3, 0.4) is 0 Å². The molecule has 9 heteroatoms. The molecule has 5 rings (SSSR count). The van der Waals surface area contributed by atoms with Crippen molar-refractivity contribution in [3.63, 3.8) is 0 Å². The minimum Gasteiger partial charge on any atom is -0.479 e. The molecule has 0 saturated carbocycles. The number of hydrogen-bond donors (Lipinski definition) is 2. The summed E-state index contributed by atoms with van der Waals surface area (Å²) in [4.78, 5) is 28.8. The molecule has 2 amide bonds. The third kappa shape index (κ3) is 3.25. The summed E-state index contributed by atoms with van der Waals surface area (Å²) in [6.45, 7) is 1.85. The van der Waals surface area contributed by atoms with Gasteiger partial charge in [0.25, 0.3) is 11.8 Å². The molecule has 1 unspecified atom stereocenters. The second-order valence-corrected chi connectivity index (χ2v) is 7.38. The first kappa shape index (κ1) is 17.5. The predicted octanol–water partition coefficient (Wildman–Crippen LogP) is 3.51. The molecule has 1 atom stereocenters. The Morgan fingerprint density at radius 2 is 2.00 bits per heavy atom. The van der Waals surface area contributed by atoms with Crippen LogP contribution in [0, 0.1) is 0 Å². The molecular weight excluding hydrogens is 394 g/mol. The molecule has 0 bridgehead atoms. The molecule has 2 aliphatic rings. The zero-order valence-corrected chi connectivity index (χ0v) is 16.0. The van der Waals surface area contributed by atoms with Crippen LogP contribution in [-0.2, 0) is 4.79 Å². The van der Waals surface area contributed by atoms with E-state index in [4.69, 9.17) is 14.2 Å². The van der Waals surface area contributed by atoms with Gasteiger partial charge in [-0.25, -0.2) is 4.98 Å². The largest absolute Gasteiger partial charge is 0.479 e. The lowest BCUT2D eigenvalue weighted by molar-refractivity contribution is -0.122. The van der Waals surface area contributed by atoms with Crippen molar-refractivity contribution in [2.75, 3.05) is 17.4 Å². The van der Waals surface area contributed by atoms with Crippen molar-refractivity contribution >= 4 is 34.0 Å². The maximum absolute atomic E-state index is 12.5. The molecule has 0 saturated heterocycles. The van der Waals surface area contributed by atoms with E-state index in [0.717, 1.165) is 5.56 Å². The fraction of sp³-hybridized carbons (Fsp3) is 0.150. The number of anilines is 2. The molecule has 3 aromatic rings. The van der Waals surface area contributed by atoms with Gasteiger partial charge in [-0.2, -0.15) is 0 Å². The number of carbonyl (C=O) groups is 2. The summed E-state index contributed by atoms with van der Waals surface area (Å²) in [6, 6.07) is 10.5. The first-order valence-corrected chi connectivity index (χ1v) is 9.73. The zero-order chi connectivity index (χ0) is 20.0. The van der Waals surface area contributed by atoms with Gasteiger partial charge in [-0.15, -0.1) is 11.3 Å². The average Bonchev–Trinajstić information content (AvgIpc) is 3.37. The van der Waals surface area contributed by atoms with Crippen molar-refractivity contribution in [1.82, 2.24) is 4.98 Å². The van der Waals surface area contributed by atoms with Gasteiger partial charge < -0.3 is 19.5 Å². The summed E-state index contributed by atoms with van der Waals surface area (Å²) < 4.78 is 16.1. The first-order chi connectivity index (χ1) is 14.1. The van der Waals surface area contributed by atoms with Gasteiger partial charge in [0.15, 0.2) is 22.7 Å². The van der Waals surface area contributed by atoms with Crippen molar-refractivity contribution < 1.29 is 23.8 Å².